The van der Waals surface area contributed by atoms with E-state index in [1.54, 1.807) is 0 Å². The molecule has 96 valence electrons. The first-order valence-corrected chi connectivity index (χ1v) is 5.08. The van der Waals surface area contributed by atoms with Crippen LogP contribution in [0, 0.1) is 0 Å². The van der Waals surface area contributed by atoms with E-state index in [0.717, 1.165) is 0 Å². The summed E-state index contributed by atoms with van der Waals surface area (Å²) in [4.78, 5) is 33.0. The van der Waals surface area contributed by atoms with E-state index >= 15 is 0 Å². The van der Waals surface area contributed by atoms with Crippen molar-refractivity contribution < 1.29 is 24.2 Å². The number of ether oxygens (including phenoxy) is 1. The molecule has 1 rings (SSSR count). The van der Waals surface area contributed by atoms with Crippen LogP contribution >= 0.6 is 0 Å². The first kappa shape index (κ1) is 13.2. The van der Waals surface area contributed by atoms with Gasteiger partial charge in [-0.3, -0.25) is 4.79 Å². The zero-order valence-electron chi connectivity index (χ0n) is 9.36. The number of aliphatic carboxylic acids is 1. The number of hydrogen-bond acceptors (Lipinski definition) is 4. The molecule has 0 saturated carbocycles. The maximum absolute atomic E-state index is 11.4. The quantitative estimate of drug-likeness (QED) is 0.459. The second-order valence-electron chi connectivity index (χ2n) is 3.67. The zero-order valence-corrected chi connectivity index (χ0v) is 9.36. The van der Waals surface area contributed by atoms with Crippen LogP contribution in [0.4, 0.5) is 4.79 Å². The van der Waals surface area contributed by atoms with Gasteiger partial charge in [0.2, 0.25) is 5.91 Å². The maximum atomic E-state index is 11.4. The van der Waals surface area contributed by atoms with Crippen LogP contribution in [0.1, 0.15) is 6.42 Å². The van der Waals surface area contributed by atoms with Crippen LogP contribution in [0.3, 0.4) is 0 Å². The molecule has 0 radical (unpaired) electrons. The van der Waals surface area contributed by atoms with Crippen LogP contribution in [0.5, 0.6) is 0 Å². The number of rotatable bonds is 5. The van der Waals surface area contributed by atoms with Crippen molar-refractivity contribution in [3.05, 3.63) is 0 Å². The minimum Gasteiger partial charge on any atom is -0.480 e. The highest BCUT2D eigenvalue weighted by atomic mass is 16.5. The number of carboxylic acid groups (broad SMARTS) is 1. The van der Waals surface area contributed by atoms with Gasteiger partial charge in [-0.05, 0) is 0 Å². The highest BCUT2D eigenvalue weighted by Gasteiger charge is 2.25. The summed E-state index contributed by atoms with van der Waals surface area (Å²) >= 11 is 0. The Morgan fingerprint density at radius 2 is 2.35 bits per heavy atom. The predicted molar refractivity (Wildman–Crippen MR) is 56.4 cm³/mol. The fourth-order valence-corrected chi connectivity index (χ4v) is 1.43. The summed E-state index contributed by atoms with van der Waals surface area (Å²) in [5.74, 6) is -1.32. The summed E-state index contributed by atoms with van der Waals surface area (Å²) in [7, 11) is 1.34. The SMILES string of the molecule is COCC(NC(=O)NC1CNC(=O)C1)C(=O)O. The molecule has 8 heteroatoms. The van der Waals surface area contributed by atoms with E-state index in [9.17, 15) is 14.4 Å². The second kappa shape index (κ2) is 6.04. The first-order valence-electron chi connectivity index (χ1n) is 5.08. The van der Waals surface area contributed by atoms with Crippen LogP contribution < -0.4 is 16.0 Å². The van der Waals surface area contributed by atoms with E-state index in [-0.39, 0.29) is 25.0 Å². The number of carbonyl (C=O) groups is 3. The molecule has 0 aliphatic carbocycles. The molecule has 2 atom stereocenters. The Morgan fingerprint density at radius 3 is 2.82 bits per heavy atom. The molecule has 0 aromatic rings. The van der Waals surface area contributed by atoms with Crippen LogP contribution in [0.25, 0.3) is 0 Å². The lowest BCUT2D eigenvalue weighted by Crippen LogP contribution is -2.51. The number of methoxy groups -OCH3 is 1. The van der Waals surface area contributed by atoms with Crippen LogP contribution in [-0.2, 0) is 14.3 Å². The Kier molecular flexibility index (Phi) is 4.70. The number of urea groups is 1. The molecule has 0 bridgehead atoms. The Labute approximate surface area is 97.7 Å². The molecular weight excluding hydrogens is 230 g/mol. The van der Waals surface area contributed by atoms with Gasteiger partial charge < -0.3 is 25.8 Å². The Hall–Kier alpha value is -1.83. The number of amides is 3. The summed E-state index contributed by atoms with van der Waals surface area (Å²) < 4.78 is 4.66. The number of hydrogen-bond donors (Lipinski definition) is 4. The minimum atomic E-state index is -1.18. The van der Waals surface area contributed by atoms with Gasteiger partial charge in [0.05, 0.1) is 12.6 Å². The topological polar surface area (TPSA) is 117 Å². The molecule has 0 spiro atoms. The summed E-state index contributed by atoms with van der Waals surface area (Å²) in [5.41, 5.74) is 0. The standard InChI is InChI=1S/C9H15N3O5/c1-17-4-6(8(14)15)12-9(16)11-5-2-7(13)10-3-5/h5-6H,2-4H2,1H3,(H,10,13)(H,14,15)(H2,11,12,16). The average Bonchev–Trinajstić information content (AvgIpc) is 2.63. The van der Waals surface area contributed by atoms with Crippen LogP contribution in [0.2, 0.25) is 0 Å². The summed E-state index contributed by atoms with van der Waals surface area (Å²) in [6.45, 7) is 0.235. The molecular formula is C9H15N3O5. The van der Waals surface area contributed by atoms with Gasteiger partial charge in [-0.15, -0.1) is 0 Å². The third-order valence-electron chi connectivity index (χ3n) is 2.25. The van der Waals surface area contributed by atoms with Crippen molar-refractivity contribution in [2.45, 2.75) is 18.5 Å². The molecule has 1 aliphatic heterocycles. The highest BCUT2D eigenvalue weighted by Crippen LogP contribution is 1.98. The van der Waals surface area contributed by atoms with Gasteiger partial charge >= 0.3 is 12.0 Å². The monoisotopic (exact) mass is 245 g/mol. The minimum absolute atomic E-state index is 0.120. The summed E-state index contributed by atoms with van der Waals surface area (Å²) in [6.07, 6.45) is 0.204. The highest BCUT2D eigenvalue weighted by molar-refractivity contribution is 5.84. The fraction of sp³-hybridized carbons (Fsp3) is 0.667. The van der Waals surface area contributed by atoms with Gasteiger partial charge in [-0.2, -0.15) is 0 Å². The van der Waals surface area contributed by atoms with Crippen molar-refractivity contribution in [2.24, 2.45) is 0 Å². The first-order chi connectivity index (χ1) is 8.02. The molecule has 4 N–H and O–H groups in total. The smallest absolute Gasteiger partial charge is 0.328 e. The van der Waals surface area contributed by atoms with Gasteiger partial charge in [0.25, 0.3) is 0 Å². The molecule has 0 aromatic heterocycles. The van der Waals surface area contributed by atoms with E-state index in [0.29, 0.717) is 6.54 Å². The fourth-order valence-electron chi connectivity index (χ4n) is 1.43. The Morgan fingerprint density at radius 1 is 1.65 bits per heavy atom. The van der Waals surface area contributed by atoms with Crippen molar-refractivity contribution in [1.82, 2.24) is 16.0 Å². The van der Waals surface area contributed by atoms with Crippen molar-refractivity contribution >= 4 is 17.9 Å². The largest absolute Gasteiger partial charge is 0.480 e. The lowest BCUT2D eigenvalue weighted by atomic mass is 10.2. The van der Waals surface area contributed by atoms with Gasteiger partial charge in [-0.25, -0.2) is 9.59 Å². The van der Waals surface area contributed by atoms with Gasteiger partial charge in [0, 0.05) is 20.1 Å². The normalized spacial score (nSPS) is 20.5. The number of nitrogens with one attached hydrogen (secondary N) is 3. The zero-order chi connectivity index (χ0) is 12.8. The molecule has 8 nitrogen and oxygen atoms in total. The van der Waals surface area contributed by atoms with E-state index in [1.165, 1.54) is 7.11 Å². The van der Waals surface area contributed by atoms with E-state index in [1.807, 2.05) is 0 Å². The second-order valence-corrected chi connectivity index (χ2v) is 3.67. The van der Waals surface area contributed by atoms with E-state index in [2.05, 4.69) is 20.7 Å². The molecule has 2 unspecified atom stereocenters. The third kappa shape index (κ3) is 4.27. The Bertz CT molecular complexity index is 320. The number of carbonyl (C=O) groups excluding carboxylic acids is 2. The van der Waals surface area contributed by atoms with E-state index < -0.39 is 18.0 Å². The molecule has 1 aliphatic rings. The molecule has 0 aromatic carbocycles. The van der Waals surface area contributed by atoms with Crippen LogP contribution in [-0.4, -0.2) is 55.4 Å². The Balaban J connectivity index is 2.36. The lowest BCUT2D eigenvalue weighted by Gasteiger charge is -2.16. The average molecular weight is 245 g/mol. The van der Waals surface area contributed by atoms with E-state index in [4.69, 9.17) is 5.11 Å². The lowest BCUT2D eigenvalue weighted by molar-refractivity contribution is -0.140. The van der Waals surface area contributed by atoms with Crippen molar-refractivity contribution in [1.29, 1.82) is 0 Å². The van der Waals surface area contributed by atoms with Gasteiger partial charge in [0.1, 0.15) is 0 Å². The van der Waals surface area contributed by atoms with Gasteiger partial charge in [-0.1, -0.05) is 0 Å². The van der Waals surface area contributed by atoms with Crippen molar-refractivity contribution in [3.63, 3.8) is 0 Å². The number of carboxylic acids is 1. The molecule has 17 heavy (non-hydrogen) atoms. The summed E-state index contributed by atoms with van der Waals surface area (Å²) in [6, 6.07) is -2.04. The third-order valence-corrected chi connectivity index (χ3v) is 2.25. The summed E-state index contributed by atoms with van der Waals surface area (Å²) in [5, 5.41) is 16.1. The van der Waals surface area contributed by atoms with Crippen molar-refractivity contribution in [2.75, 3.05) is 20.3 Å². The molecule has 1 saturated heterocycles. The predicted octanol–water partition coefficient (Wildman–Crippen LogP) is -1.73. The van der Waals surface area contributed by atoms with Crippen LogP contribution in [0.15, 0.2) is 0 Å². The van der Waals surface area contributed by atoms with Gasteiger partial charge in [0.15, 0.2) is 6.04 Å². The molecule has 1 heterocycles. The molecule has 3 amide bonds. The molecule has 1 fully saturated rings. The maximum Gasteiger partial charge on any atom is 0.328 e. The van der Waals surface area contributed by atoms with Crippen molar-refractivity contribution in [3.8, 4) is 0 Å².